The van der Waals surface area contributed by atoms with Gasteiger partial charge in [-0.15, -0.1) is 0 Å². The lowest BCUT2D eigenvalue weighted by Gasteiger charge is -2.08. The molecule has 0 spiro atoms. The highest BCUT2D eigenvalue weighted by Gasteiger charge is 2.12. The van der Waals surface area contributed by atoms with E-state index in [1.54, 1.807) is 30.5 Å². The Morgan fingerprint density at radius 1 is 1.10 bits per heavy atom. The van der Waals surface area contributed by atoms with Crippen LogP contribution < -0.4 is 5.32 Å². The first-order valence-corrected chi connectivity index (χ1v) is 6.73. The Morgan fingerprint density at radius 2 is 1.95 bits per heavy atom. The van der Waals surface area contributed by atoms with Crippen molar-refractivity contribution in [2.24, 2.45) is 0 Å². The van der Waals surface area contributed by atoms with Crippen LogP contribution in [0.25, 0.3) is 10.9 Å². The standard InChI is InChI=1S/C15H10Cl2N2O/c16-10-4-5-12(17)13(8-10)19-15(20)11-3-1-2-9-6-7-18-14(9)11/h1-8,18H,(H,19,20). The number of amides is 1. The third kappa shape index (κ3) is 2.38. The minimum Gasteiger partial charge on any atom is -0.361 e. The van der Waals surface area contributed by atoms with Gasteiger partial charge in [-0.25, -0.2) is 0 Å². The highest BCUT2D eigenvalue weighted by atomic mass is 35.5. The van der Waals surface area contributed by atoms with Crippen LogP contribution in [0.2, 0.25) is 10.0 Å². The predicted molar refractivity (Wildman–Crippen MR) is 82.7 cm³/mol. The summed E-state index contributed by atoms with van der Waals surface area (Å²) in [6.07, 6.45) is 1.80. The van der Waals surface area contributed by atoms with Crippen molar-refractivity contribution in [3.63, 3.8) is 0 Å². The van der Waals surface area contributed by atoms with Gasteiger partial charge in [0.1, 0.15) is 0 Å². The van der Waals surface area contributed by atoms with E-state index in [1.165, 1.54) is 0 Å². The lowest BCUT2D eigenvalue weighted by molar-refractivity contribution is 0.102. The van der Waals surface area contributed by atoms with E-state index in [9.17, 15) is 4.79 Å². The van der Waals surface area contributed by atoms with Gasteiger partial charge in [0.15, 0.2) is 0 Å². The number of halogens is 2. The van der Waals surface area contributed by atoms with E-state index in [4.69, 9.17) is 23.2 Å². The fourth-order valence-electron chi connectivity index (χ4n) is 2.06. The van der Waals surface area contributed by atoms with Gasteiger partial charge in [-0.2, -0.15) is 0 Å². The van der Waals surface area contributed by atoms with E-state index in [-0.39, 0.29) is 5.91 Å². The molecule has 0 aliphatic carbocycles. The van der Waals surface area contributed by atoms with Crippen LogP contribution in [0.15, 0.2) is 48.7 Å². The summed E-state index contributed by atoms with van der Waals surface area (Å²) in [5.74, 6) is -0.234. The van der Waals surface area contributed by atoms with E-state index in [1.807, 2.05) is 18.2 Å². The summed E-state index contributed by atoms with van der Waals surface area (Å²) in [5, 5.41) is 4.72. The van der Waals surface area contributed by atoms with Crippen LogP contribution in [-0.2, 0) is 0 Å². The molecule has 0 aliphatic heterocycles. The molecular formula is C15H10Cl2N2O. The van der Waals surface area contributed by atoms with Gasteiger partial charge >= 0.3 is 0 Å². The Labute approximate surface area is 125 Å². The maximum absolute atomic E-state index is 12.4. The molecule has 0 fully saturated rings. The summed E-state index contributed by atoms with van der Waals surface area (Å²) in [6, 6.07) is 12.4. The second kappa shape index (κ2) is 5.19. The molecule has 100 valence electrons. The minimum atomic E-state index is -0.234. The van der Waals surface area contributed by atoms with Crippen molar-refractivity contribution in [3.8, 4) is 0 Å². The van der Waals surface area contributed by atoms with Gasteiger partial charge in [-0.3, -0.25) is 4.79 Å². The molecule has 1 aromatic heterocycles. The second-order valence-electron chi connectivity index (χ2n) is 4.33. The van der Waals surface area contributed by atoms with Gasteiger partial charge in [0.2, 0.25) is 0 Å². The number of anilines is 1. The molecule has 3 rings (SSSR count). The fraction of sp³-hybridized carbons (Fsp3) is 0. The lowest BCUT2D eigenvalue weighted by atomic mass is 10.1. The van der Waals surface area contributed by atoms with E-state index >= 15 is 0 Å². The summed E-state index contributed by atoms with van der Waals surface area (Å²) < 4.78 is 0. The molecule has 3 nitrogen and oxygen atoms in total. The molecule has 0 radical (unpaired) electrons. The SMILES string of the molecule is O=C(Nc1cc(Cl)ccc1Cl)c1cccc2cc[nH]c12. The first-order chi connectivity index (χ1) is 9.65. The van der Waals surface area contributed by atoms with Gasteiger partial charge in [0, 0.05) is 16.6 Å². The first-order valence-electron chi connectivity index (χ1n) is 5.97. The van der Waals surface area contributed by atoms with Crippen molar-refractivity contribution in [1.29, 1.82) is 0 Å². The summed E-state index contributed by atoms with van der Waals surface area (Å²) in [7, 11) is 0. The predicted octanol–water partition coefficient (Wildman–Crippen LogP) is 4.73. The molecule has 0 saturated heterocycles. The average molecular weight is 305 g/mol. The molecule has 0 atom stereocenters. The van der Waals surface area contributed by atoms with Crippen LogP contribution in [0.1, 0.15) is 10.4 Å². The number of aromatic amines is 1. The maximum Gasteiger partial charge on any atom is 0.257 e. The number of rotatable bonds is 2. The first kappa shape index (κ1) is 13.0. The zero-order chi connectivity index (χ0) is 14.1. The number of hydrogen-bond acceptors (Lipinski definition) is 1. The van der Waals surface area contributed by atoms with Crippen molar-refractivity contribution >= 4 is 45.7 Å². The number of hydrogen-bond donors (Lipinski definition) is 2. The molecule has 3 aromatic rings. The van der Waals surface area contributed by atoms with Gasteiger partial charge in [0.25, 0.3) is 5.91 Å². The Kier molecular flexibility index (Phi) is 3.38. The second-order valence-corrected chi connectivity index (χ2v) is 5.17. The van der Waals surface area contributed by atoms with Crippen LogP contribution in [0, 0.1) is 0 Å². The fourth-order valence-corrected chi connectivity index (χ4v) is 2.39. The van der Waals surface area contributed by atoms with Crippen molar-refractivity contribution in [2.75, 3.05) is 5.32 Å². The van der Waals surface area contributed by atoms with Crippen LogP contribution in [0.3, 0.4) is 0 Å². The molecule has 2 N–H and O–H groups in total. The van der Waals surface area contributed by atoms with E-state index < -0.39 is 0 Å². The number of para-hydroxylation sites is 1. The number of H-pyrrole nitrogens is 1. The average Bonchev–Trinajstić information content (AvgIpc) is 2.91. The summed E-state index contributed by atoms with van der Waals surface area (Å²) >= 11 is 12.0. The summed E-state index contributed by atoms with van der Waals surface area (Å²) in [6.45, 7) is 0. The van der Waals surface area contributed by atoms with Crippen molar-refractivity contribution in [2.45, 2.75) is 0 Å². The zero-order valence-electron chi connectivity index (χ0n) is 10.3. The topological polar surface area (TPSA) is 44.9 Å². The normalized spacial score (nSPS) is 10.7. The molecule has 0 saturated carbocycles. The Morgan fingerprint density at radius 3 is 2.80 bits per heavy atom. The van der Waals surface area contributed by atoms with Crippen LogP contribution >= 0.6 is 23.2 Å². The molecule has 2 aromatic carbocycles. The third-order valence-electron chi connectivity index (χ3n) is 3.01. The molecule has 0 unspecified atom stereocenters. The Hall–Kier alpha value is -1.97. The number of benzene rings is 2. The Balaban J connectivity index is 1.97. The van der Waals surface area contributed by atoms with Gasteiger partial charge in [-0.1, -0.05) is 35.3 Å². The van der Waals surface area contributed by atoms with E-state index in [2.05, 4.69) is 10.3 Å². The number of carbonyl (C=O) groups excluding carboxylic acids is 1. The van der Waals surface area contributed by atoms with Gasteiger partial charge in [-0.05, 0) is 30.3 Å². The van der Waals surface area contributed by atoms with Crippen molar-refractivity contribution in [3.05, 3.63) is 64.3 Å². The molecule has 20 heavy (non-hydrogen) atoms. The number of fused-ring (bicyclic) bond motifs is 1. The largest absolute Gasteiger partial charge is 0.361 e. The van der Waals surface area contributed by atoms with Gasteiger partial charge in [0.05, 0.1) is 21.8 Å². The molecule has 5 heteroatoms. The van der Waals surface area contributed by atoms with Crippen molar-refractivity contribution in [1.82, 2.24) is 4.98 Å². The molecule has 1 heterocycles. The summed E-state index contributed by atoms with van der Waals surface area (Å²) in [4.78, 5) is 15.4. The van der Waals surface area contributed by atoms with E-state index in [0.717, 1.165) is 10.9 Å². The van der Waals surface area contributed by atoms with Crippen LogP contribution in [0.5, 0.6) is 0 Å². The monoisotopic (exact) mass is 304 g/mol. The number of carbonyl (C=O) groups is 1. The quantitative estimate of drug-likeness (QED) is 0.706. The lowest BCUT2D eigenvalue weighted by Crippen LogP contribution is -2.12. The molecule has 1 amide bonds. The van der Waals surface area contributed by atoms with Crippen molar-refractivity contribution < 1.29 is 4.79 Å². The molecular weight excluding hydrogens is 295 g/mol. The number of nitrogens with one attached hydrogen (secondary N) is 2. The Bertz CT molecular complexity index is 795. The zero-order valence-corrected chi connectivity index (χ0v) is 11.8. The van der Waals surface area contributed by atoms with Crippen LogP contribution in [0.4, 0.5) is 5.69 Å². The highest BCUT2D eigenvalue weighted by Crippen LogP contribution is 2.26. The highest BCUT2D eigenvalue weighted by molar-refractivity contribution is 6.36. The maximum atomic E-state index is 12.4. The molecule has 0 bridgehead atoms. The van der Waals surface area contributed by atoms with Gasteiger partial charge < -0.3 is 10.3 Å². The molecule has 0 aliphatic rings. The van der Waals surface area contributed by atoms with E-state index in [0.29, 0.717) is 21.3 Å². The van der Waals surface area contributed by atoms with Crippen LogP contribution in [-0.4, -0.2) is 10.9 Å². The smallest absolute Gasteiger partial charge is 0.257 e. The third-order valence-corrected chi connectivity index (χ3v) is 3.57. The minimum absolute atomic E-state index is 0.234. The number of aromatic nitrogens is 1. The summed E-state index contributed by atoms with van der Waals surface area (Å²) in [5.41, 5.74) is 1.85.